The van der Waals surface area contributed by atoms with Gasteiger partial charge in [-0.25, -0.2) is 4.79 Å². The normalized spacial score (nSPS) is 10.8. The van der Waals surface area contributed by atoms with Gasteiger partial charge in [0.25, 0.3) is 0 Å². The summed E-state index contributed by atoms with van der Waals surface area (Å²) in [5.41, 5.74) is 2.27. The van der Waals surface area contributed by atoms with E-state index in [-0.39, 0.29) is 5.63 Å². The molecule has 0 saturated carbocycles. The van der Waals surface area contributed by atoms with Crippen molar-refractivity contribution < 1.29 is 4.42 Å². The van der Waals surface area contributed by atoms with E-state index < -0.39 is 0 Å². The molecule has 0 amide bonds. The monoisotopic (exact) mass is 299 g/mol. The Morgan fingerprint density at radius 1 is 1.10 bits per heavy atom. The molecule has 0 atom stereocenters. The van der Waals surface area contributed by atoms with E-state index in [0.29, 0.717) is 21.7 Å². The lowest BCUT2D eigenvalue weighted by molar-refractivity contribution is 0.563. The molecule has 106 valence electrons. The van der Waals surface area contributed by atoms with Crippen molar-refractivity contribution in [3.05, 3.63) is 64.0 Å². The van der Waals surface area contributed by atoms with Crippen LogP contribution in [0.25, 0.3) is 22.1 Å². The van der Waals surface area contributed by atoms with Gasteiger partial charge >= 0.3 is 5.63 Å². The predicted octanol–water partition coefficient (Wildman–Crippen LogP) is 4.55. The van der Waals surface area contributed by atoms with Crippen molar-refractivity contribution in [2.75, 3.05) is 11.9 Å². The van der Waals surface area contributed by atoms with Gasteiger partial charge in [0.05, 0.1) is 10.6 Å². The SMILES string of the molecule is CCNc1ccc(-c2cc3ccccc3oc2=O)c(Cl)c1. The summed E-state index contributed by atoms with van der Waals surface area (Å²) < 4.78 is 5.35. The Bertz CT molecular complexity index is 855. The Morgan fingerprint density at radius 2 is 1.90 bits per heavy atom. The van der Waals surface area contributed by atoms with E-state index in [9.17, 15) is 4.79 Å². The highest BCUT2D eigenvalue weighted by molar-refractivity contribution is 6.33. The number of halogens is 1. The van der Waals surface area contributed by atoms with Crippen molar-refractivity contribution in [1.82, 2.24) is 0 Å². The van der Waals surface area contributed by atoms with E-state index in [0.717, 1.165) is 17.6 Å². The molecular formula is C17H14ClNO2. The van der Waals surface area contributed by atoms with Crippen molar-refractivity contribution in [1.29, 1.82) is 0 Å². The molecule has 0 unspecified atom stereocenters. The first-order valence-electron chi connectivity index (χ1n) is 6.75. The highest BCUT2D eigenvalue weighted by Crippen LogP contribution is 2.30. The van der Waals surface area contributed by atoms with Gasteiger partial charge in [0.2, 0.25) is 0 Å². The third-order valence-corrected chi connectivity index (χ3v) is 3.59. The van der Waals surface area contributed by atoms with E-state index in [1.807, 2.05) is 49.4 Å². The van der Waals surface area contributed by atoms with Gasteiger partial charge in [0, 0.05) is 23.2 Å². The van der Waals surface area contributed by atoms with Crippen LogP contribution in [0.2, 0.25) is 5.02 Å². The van der Waals surface area contributed by atoms with Crippen LogP contribution < -0.4 is 10.9 Å². The molecule has 1 heterocycles. The Balaban J connectivity index is 2.16. The topological polar surface area (TPSA) is 42.2 Å². The summed E-state index contributed by atoms with van der Waals surface area (Å²) in [4.78, 5) is 12.2. The van der Waals surface area contributed by atoms with Crippen LogP contribution in [0, 0.1) is 0 Å². The molecule has 1 aromatic heterocycles. The van der Waals surface area contributed by atoms with Crippen LogP contribution in [0.1, 0.15) is 6.92 Å². The molecule has 0 aliphatic rings. The number of hydrogen-bond donors (Lipinski definition) is 1. The number of para-hydroxylation sites is 1. The number of fused-ring (bicyclic) bond motifs is 1. The maximum absolute atomic E-state index is 12.2. The number of rotatable bonds is 3. The zero-order chi connectivity index (χ0) is 14.8. The molecule has 0 aliphatic heterocycles. The van der Waals surface area contributed by atoms with Gasteiger partial charge in [0.1, 0.15) is 5.58 Å². The van der Waals surface area contributed by atoms with Gasteiger partial charge < -0.3 is 9.73 Å². The van der Waals surface area contributed by atoms with Crippen LogP contribution in [-0.2, 0) is 0 Å². The molecule has 1 N–H and O–H groups in total. The smallest absolute Gasteiger partial charge is 0.344 e. The van der Waals surface area contributed by atoms with E-state index in [1.54, 1.807) is 6.07 Å². The summed E-state index contributed by atoms with van der Waals surface area (Å²) >= 11 is 6.30. The van der Waals surface area contributed by atoms with E-state index in [4.69, 9.17) is 16.0 Å². The van der Waals surface area contributed by atoms with Gasteiger partial charge in [-0.1, -0.05) is 35.9 Å². The summed E-state index contributed by atoms with van der Waals surface area (Å²) in [5.74, 6) is 0. The third kappa shape index (κ3) is 2.65. The summed E-state index contributed by atoms with van der Waals surface area (Å²) in [5, 5.41) is 4.58. The van der Waals surface area contributed by atoms with Crippen LogP contribution in [0.5, 0.6) is 0 Å². The molecule has 3 rings (SSSR count). The first-order chi connectivity index (χ1) is 10.2. The number of benzene rings is 2. The van der Waals surface area contributed by atoms with Crippen LogP contribution in [0.3, 0.4) is 0 Å². The van der Waals surface area contributed by atoms with Crippen molar-refractivity contribution >= 4 is 28.3 Å². The lowest BCUT2D eigenvalue weighted by atomic mass is 10.1. The molecule has 3 nitrogen and oxygen atoms in total. The Labute approximate surface area is 127 Å². The minimum absolute atomic E-state index is 0.383. The van der Waals surface area contributed by atoms with E-state index in [2.05, 4.69) is 5.32 Å². The maximum Gasteiger partial charge on any atom is 0.344 e. The summed E-state index contributed by atoms with van der Waals surface area (Å²) in [6.07, 6.45) is 0. The molecule has 2 aromatic carbocycles. The molecule has 0 fully saturated rings. The fourth-order valence-electron chi connectivity index (χ4n) is 2.30. The zero-order valence-corrected chi connectivity index (χ0v) is 12.3. The first kappa shape index (κ1) is 13.7. The van der Waals surface area contributed by atoms with E-state index >= 15 is 0 Å². The molecule has 0 spiro atoms. The van der Waals surface area contributed by atoms with Gasteiger partial charge in [-0.2, -0.15) is 0 Å². The second-order valence-corrected chi connectivity index (χ2v) is 5.12. The minimum atomic E-state index is -0.383. The number of nitrogens with one attached hydrogen (secondary N) is 1. The lowest BCUT2D eigenvalue weighted by Crippen LogP contribution is -2.03. The number of anilines is 1. The molecule has 21 heavy (non-hydrogen) atoms. The highest BCUT2D eigenvalue weighted by atomic mass is 35.5. The van der Waals surface area contributed by atoms with Crippen LogP contribution in [0.15, 0.2) is 57.7 Å². The summed E-state index contributed by atoms with van der Waals surface area (Å²) in [6.45, 7) is 2.83. The Morgan fingerprint density at radius 3 is 2.67 bits per heavy atom. The zero-order valence-electron chi connectivity index (χ0n) is 11.5. The summed E-state index contributed by atoms with van der Waals surface area (Å²) in [7, 11) is 0. The molecule has 4 heteroatoms. The Hall–Kier alpha value is -2.26. The second kappa shape index (κ2) is 5.62. The lowest BCUT2D eigenvalue weighted by Gasteiger charge is -2.08. The largest absolute Gasteiger partial charge is 0.422 e. The van der Waals surface area contributed by atoms with Crippen LogP contribution in [-0.4, -0.2) is 6.54 Å². The summed E-state index contributed by atoms with van der Waals surface area (Å²) in [6, 6.07) is 14.8. The highest BCUT2D eigenvalue weighted by Gasteiger charge is 2.11. The second-order valence-electron chi connectivity index (χ2n) is 4.71. The third-order valence-electron chi connectivity index (χ3n) is 3.28. The fourth-order valence-corrected chi connectivity index (χ4v) is 2.58. The van der Waals surface area contributed by atoms with Gasteiger partial charge in [-0.15, -0.1) is 0 Å². The molecule has 0 aliphatic carbocycles. The van der Waals surface area contributed by atoms with Gasteiger partial charge in [-0.3, -0.25) is 0 Å². The standard InChI is InChI=1S/C17H14ClNO2/c1-2-19-12-7-8-13(15(18)10-12)14-9-11-5-3-4-6-16(11)21-17(14)20/h3-10,19H,2H2,1H3. The average Bonchev–Trinajstić information content (AvgIpc) is 2.47. The molecular weight excluding hydrogens is 286 g/mol. The first-order valence-corrected chi connectivity index (χ1v) is 7.13. The van der Waals surface area contributed by atoms with Gasteiger partial charge in [0.15, 0.2) is 0 Å². The van der Waals surface area contributed by atoms with Gasteiger partial charge in [-0.05, 0) is 31.2 Å². The Kier molecular flexibility index (Phi) is 3.67. The quantitative estimate of drug-likeness (QED) is 0.722. The maximum atomic E-state index is 12.2. The number of hydrogen-bond acceptors (Lipinski definition) is 3. The molecule has 0 bridgehead atoms. The minimum Gasteiger partial charge on any atom is -0.422 e. The average molecular weight is 300 g/mol. The van der Waals surface area contributed by atoms with Crippen molar-refractivity contribution in [3.8, 4) is 11.1 Å². The van der Waals surface area contributed by atoms with Crippen molar-refractivity contribution in [2.24, 2.45) is 0 Å². The molecule has 3 aromatic rings. The van der Waals surface area contributed by atoms with Crippen LogP contribution >= 0.6 is 11.6 Å². The fraction of sp³-hybridized carbons (Fsp3) is 0.118. The van der Waals surface area contributed by atoms with Crippen LogP contribution in [0.4, 0.5) is 5.69 Å². The molecule has 0 saturated heterocycles. The van der Waals surface area contributed by atoms with E-state index in [1.165, 1.54) is 0 Å². The molecule has 0 radical (unpaired) electrons. The van der Waals surface area contributed by atoms with Crippen molar-refractivity contribution in [2.45, 2.75) is 6.92 Å². The predicted molar refractivity (Wildman–Crippen MR) is 87.1 cm³/mol. The van der Waals surface area contributed by atoms with Crippen molar-refractivity contribution in [3.63, 3.8) is 0 Å².